The topological polar surface area (TPSA) is 41.6 Å². The zero-order valence-electron chi connectivity index (χ0n) is 13.3. The van der Waals surface area contributed by atoms with Crippen LogP contribution < -0.4 is 10.1 Å². The molecule has 0 spiro atoms. The van der Waals surface area contributed by atoms with Gasteiger partial charge in [0.15, 0.2) is 0 Å². The van der Waals surface area contributed by atoms with E-state index in [-0.39, 0.29) is 0 Å². The SMILES string of the molecule is COc1cccc(CNCCC2CCC(=O)N2C(C)C)c1. The number of hydrogen-bond donors (Lipinski definition) is 1. The molecule has 0 saturated carbocycles. The van der Waals surface area contributed by atoms with Crippen LogP contribution in [0, 0.1) is 0 Å². The molecular formula is C17H26N2O2. The summed E-state index contributed by atoms with van der Waals surface area (Å²) in [5.41, 5.74) is 1.22. The van der Waals surface area contributed by atoms with E-state index in [0.29, 0.717) is 24.4 Å². The van der Waals surface area contributed by atoms with Crippen LogP contribution in [0.25, 0.3) is 0 Å². The molecule has 2 rings (SSSR count). The Morgan fingerprint density at radius 3 is 2.95 bits per heavy atom. The van der Waals surface area contributed by atoms with Crippen LogP contribution >= 0.6 is 0 Å². The lowest BCUT2D eigenvalue weighted by Gasteiger charge is -2.28. The minimum Gasteiger partial charge on any atom is -0.497 e. The van der Waals surface area contributed by atoms with Crippen LogP contribution in [-0.2, 0) is 11.3 Å². The van der Waals surface area contributed by atoms with Gasteiger partial charge in [0.2, 0.25) is 5.91 Å². The molecule has 1 aliphatic heterocycles. The third-order valence-electron chi connectivity index (χ3n) is 4.05. The van der Waals surface area contributed by atoms with Crippen molar-refractivity contribution >= 4 is 5.91 Å². The summed E-state index contributed by atoms with van der Waals surface area (Å²) in [5.74, 6) is 1.20. The first-order chi connectivity index (χ1) is 10.1. The van der Waals surface area contributed by atoms with Gasteiger partial charge in [0.05, 0.1) is 7.11 Å². The second-order valence-corrected chi connectivity index (χ2v) is 5.90. The minimum absolute atomic E-state index is 0.308. The van der Waals surface area contributed by atoms with Gasteiger partial charge < -0.3 is 15.0 Å². The van der Waals surface area contributed by atoms with Crippen molar-refractivity contribution in [1.82, 2.24) is 10.2 Å². The van der Waals surface area contributed by atoms with E-state index in [9.17, 15) is 4.79 Å². The van der Waals surface area contributed by atoms with E-state index in [1.165, 1.54) is 5.56 Å². The van der Waals surface area contributed by atoms with Crippen molar-refractivity contribution < 1.29 is 9.53 Å². The number of amides is 1. The van der Waals surface area contributed by atoms with Gasteiger partial charge in [0, 0.05) is 25.0 Å². The van der Waals surface area contributed by atoms with E-state index in [1.54, 1.807) is 7.11 Å². The number of benzene rings is 1. The summed E-state index contributed by atoms with van der Waals surface area (Å²) >= 11 is 0. The second kappa shape index (κ2) is 7.46. The molecule has 116 valence electrons. The molecule has 1 N–H and O–H groups in total. The number of hydrogen-bond acceptors (Lipinski definition) is 3. The Morgan fingerprint density at radius 1 is 1.43 bits per heavy atom. The molecule has 1 saturated heterocycles. The number of nitrogens with one attached hydrogen (secondary N) is 1. The van der Waals surface area contributed by atoms with Crippen molar-refractivity contribution in [1.29, 1.82) is 0 Å². The zero-order chi connectivity index (χ0) is 15.2. The normalized spacial score (nSPS) is 18.6. The largest absolute Gasteiger partial charge is 0.497 e. The summed E-state index contributed by atoms with van der Waals surface area (Å²) in [5, 5.41) is 3.46. The first-order valence-electron chi connectivity index (χ1n) is 7.76. The maximum absolute atomic E-state index is 11.8. The monoisotopic (exact) mass is 290 g/mol. The first kappa shape index (κ1) is 15.8. The summed E-state index contributed by atoms with van der Waals surface area (Å²) in [6.45, 7) is 5.96. The molecule has 1 fully saturated rings. The fraction of sp³-hybridized carbons (Fsp3) is 0.588. The molecule has 1 atom stereocenters. The molecule has 0 bridgehead atoms. The maximum atomic E-state index is 11.8. The van der Waals surface area contributed by atoms with Gasteiger partial charge >= 0.3 is 0 Å². The van der Waals surface area contributed by atoms with Crippen LogP contribution in [0.1, 0.15) is 38.7 Å². The number of likely N-dealkylation sites (tertiary alicyclic amines) is 1. The Bertz CT molecular complexity index is 474. The lowest BCUT2D eigenvalue weighted by molar-refractivity contribution is -0.130. The van der Waals surface area contributed by atoms with Crippen molar-refractivity contribution in [3.05, 3.63) is 29.8 Å². The van der Waals surface area contributed by atoms with Gasteiger partial charge in [0.25, 0.3) is 0 Å². The Morgan fingerprint density at radius 2 is 2.24 bits per heavy atom. The number of carbonyl (C=O) groups is 1. The highest BCUT2D eigenvalue weighted by Crippen LogP contribution is 2.23. The van der Waals surface area contributed by atoms with Crippen LogP contribution in [0.4, 0.5) is 0 Å². The molecular weight excluding hydrogens is 264 g/mol. The molecule has 1 heterocycles. The molecule has 1 aliphatic rings. The van der Waals surface area contributed by atoms with Gasteiger partial charge in [-0.25, -0.2) is 0 Å². The highest BCUT2D eigenvalue weighted by atomic mass is 16.5. The zero-order valence-corrected chi connectivity index (χ0v) is 13.3. The third-order valence-corrected chi connectivity index (χ3v) is 4.05. The van der Waals surface area contributed by atoms with E-state index in [2.05, 4.69) is 25.2 Å². The van der Waals surface area contributed by atoms with Crippen LogP contribution in [0.3, 0.4) is 0 Å². The molecule has 1 aromatic rings. The Labute approximate surface area is 127 Å². The number of rotatable bonds is 7. The lowest BCUT2D eigenvalue weighted by atomic mass is 10.1. The number of carbonyl (C=O) groups excluding carboxylic acids is 1. The molecule has 1 unspecified atom stereocenters. The minimum atomic E-state index is 0.308. The average molecular weight is 290 g/mol. The molecule has 4 nitrogen and oxygen atoms in total. The summed E-state index contributed by atoms with van der Waals surface area (Å²) in [7, 11) is 1.68. The van der Waals surface area contributed by atoms with E-state index < -0.39 is 0 Å². The fourth-order valence-corrected chi connectivity index (χ4v) is 3.04. The first-order valence-corrected chi connectivity index (χ1v) is 7.76. The van der Waals surface area contributed by atoms with E-state index >= 15 is 0 Å². The third kappa shape index (κ3) is 4.21. The number of nitrogens with zero attached hydrogens (tertiary/aromatic N) is 1. The second-order valence-electron chi connectivity index (χ2n) is 5.90. The predicted molar refractivity (Wildman–Crippen MR) is 84.3 cm³/mol. The summed E-state index contributed by atoms with van der Waals surface area (Å²) in [6.07, 6.45) is 2.73. The van der Waals surface area contributed by atoms with Gasteiger partial charge in [0.1, 0.15) is 5.75 Å². The Balaban J connectivity index is 1.75. The van der Waals surface area contributed by atoms with Crippen LogP contribution in [0.2, 0.25) is 0 Å². The van der Waals surface area contributed by atoms with Gasteiger partial charge in [-0.15, -0.1) is 0 Å². The van der Waals surface area contributed by atoms with Crippen molar-refractivity contribution in [2.45, 2.75) is 51.7 Å². The van der Waals surface area contributed by atoms with E-state index in [1.807, 2.05) is 23.1 Å². The molecule has 1 aromatic carbocycles. The van der Waals surface area contributed by atoms with Crippen molar-refractivity contribution in [2.24, 2.45) is 0 Å². The lowest BCUT2D eigenvalue weighted by Crippen LogP contribution is -2.40. The predicted octanol–water partition coefficient (Wildman–Crippen LogP) is 2.57. The molecule has 4 heteroatoms. The van der Waals surface area contributed by atoms with E-state index in [0.717, 1.165) is 31.7 Å². The van der Waals surface area contributed by atoms with Gasteiger partial charge in [-0.2, -0.15) is 0 Å². The molecule has 0 aliphatic carbocycles. The Hall–Kier alpha value is -1.55. The highest BCUT2D eigenvalue weighted by molar-refractivity contribution is 5.79. The van der Waals surface area contributed by atoms with Crippen LogP contribution in [-0.4, -0.2) is 36.5 Å². The van der Waals surface area contributed by atoms with Gasteiger partial charge in [-0.1, -0.05) is 12.1 Å². The summed E-state index contributed by atoms with van der Waals surface area (Å²) in [4.78, 5) is 13.9. The van der Waals surface area contributed by atoms with Gasteiger partial charge in [-0.3, -0.25) is 4.79 Å². The van der Waals surface area contributed by atoms with Crippen LogP contribution in [0.5, 0.6) is 5.75 Å². The quantitative estimate of drug-likeness (QED) is 0.785. The van der Waals surface area contributed by atoms with E-state index in [4.69, 9.17) is 4.74 Å². The standard InChI is InChI=1S/C17H26N2O2/c1-13(2)19-15(7-8-17(19)20)9-10-18-12-14-5-4-6-16(11-14)21-3/h4-6,11,13,15,18H,7-10,12H2,1-3H3. The molecule has 0 aromatic heterocycles. The Kier molecular flexibility index (Phi) is 5.62. The van der Waals surface area contributed by atoms with Crippen molar-refractivity contribution in [3.8, 4) is 5.75 Å². The highest BCUT2D eigenvalue weighted by Gasteiger charge is 2.31. The number of methoxy groups -OCH3 is 1. The average Bonchev–Trinajstić information content (AvgIpc) is 2.85. The fourth-order valence-electron chi connectivity index (χ4n) is 3.04. The summed E-state index contributed by atoms with van der Waals surface area (Å²) < 4.78 is 5.22. The maximum Gasteiger partial charge on any atom is 0.223 e. The van der Waals surface area contributed by atoms with Gasteiger partial charge in [-0.05, 0) is 50.9 Å². The van der Waals surface area contributed by atoms with Crippen molar-refractivity contribution in [3.63, 3.8) is 0 Å². The molecule has 21 heavy (non-hydrogen) atoms. The number of ether oxygens (including phenoxy) is 1. The molecule has 1 amide bonds. The molecule has 0 radical (unpaired) electrons. The smallest absolute Gasteiger partial charge is 0.223 e. The van der Waals surface area contributed by atoms with Crippen LogP contribution in [0.15, 0.2) is 24.3 Å². The van der Waals surface area contributed by atoms with Crippen molar-refractivity contribution in [2.75, 3.05) is 13.7 Å². The summed E-state index contributed by atoms with van der Waals surface area (Å²) in [6, 6.07) is 8.81.